The quantitative estimate of drug-likeness (QED) is 0.507. The first kappa shape index (κ1) is 24.0. The highest BCUT2D eigenvalue weighted by atomic mass is 35.5. The Morgan fingerprint density at radius 2 is 1.94 bits per heavy atom. The van der Waals surface area contributed by atoms with Crippen LogP contribution in [0.15, 0.2) is 48.7 Å². The fourth-order valence-corrected chi connectivity index (χ4v) is 4.57. The fourth-order valence-electron chi connectivity index (χ4n) is 4.10. The SMILES string of the molecule is CC1CCN(c2cc(-c3cc(C(N)=O)ccc3Cl)cnc2N(C)C(=O)c2c(F)cccc2Cl)C1. The first-order chi connectivity index (χ1) is 16.2. The topological polar surface area (TPSA) is 79.5 Å². The molecular formula is C25H23Cl2FN4O2. The summed E-state index contributed by atoms with van der Waals surface area (Å²) in [6, 6.07) is 10.8. The molecule has 2 heterocycles. The number of aromatic nitrogens is 1. The van der Waals surface area contributed by atoms with Gasteiger partial charge in [0, 0.05) is 48.0 Å². The van der Waals surface area contributed by atoms with Gasteiger partial charge in [-0.05, 0) is 48.7 Å². The molecule has 34 heavy (non-hydrogen) atoms. The van der Waals surface area contributed by atoms with Gasteiger partial charge in [-0.25, -0.2) is 9.37 Å². The highest BCUT2D eigenvalue weighted by Crippen LogP contribution is 2.37. The molecule has 2 N–H and O–H groups in total. The standard InChI is InChI=1S/C25H23Cl2FN4O2/c1-14-8-9-32(13-14)21-11-16(17-10-15(23(29)33)6-7-18(17)26)12-30-24(21)31(2)25(34)22-19(27)4-3-5-20(22)28/h3-7,10-12,14H,8-9,13H2,1-2H3,(H2,29,33). The summed E-state index contributed by atoms with van der Waals surface area (Å²) in [5.41, 5.74) is 7.51. The van der Waals surface area contributed by atoms with Crippen LogP contribution in [0.1, 0.15) is 34.1 Å². The summed E-state index contributed by atoms with van der Waals surface area (Å²) < 4.78 is 14.4. The maximum Gasteiger partial charge on any atom is 0.263 e. The molecule has 1 atom stereocenters. The largest absolute Gasteiger partial charge is 0.368 e. The summed E-state index contributed by atoms with van der Waals surface area (Å²) in [6.45, 7) is 3.70. The second-order valence-electron chi connectivity index (χ2n) is 8.43. The highest BCUT2D eigenvalue weighted by molar-refractivity contribution is 6.34. The molecule has 2 aromatic carbocycles. The van der Waals surface area contributed by atoms with E-state index in [1.165, 1.54) is 30.1 Å². The van der Waals surface area contributed by atoms with Crippen molar-refractivity contribution in [3.05, 3.63) is 75.7 Å². The molecule has 0 bridgehead atoms. The van der Waals surface area contributed by atoms with Crippen molar-refractivity contribution in [3.8, 4) is 11.1 Å². The van der Waals surface area contributed by atoms with E-state index in [0.717, 1.165) is 19.5 Å². The molecule has 1 aromatic heterocycles. The van der Waals surface area contributed by atoms with Gasteiger partial charge in [0.2, 0.25) is 5.91 Å². The van der Waals surface area contributed by atoms with Gasteiger partial charge in [-0.15, -0.1) is 0 Å². The summed E-state index contributed by atoms with van der Waals surface area (Å²) in [4.78, 5) is 32.9. The Labute approximate surface area is 207 Å². The molecule has 0 aliphatic carbocycles. The summed E-state index contributed by atoms with van der Waals surface area (Å²) in [7, 11) is 1.54. The number of halogens is 3. The third-order valence-electron chi connectivity index (χ3n) is 5.97. The van der Waals surface area contributed by atoms with Crippen molar-refractivity contribution in [2.75, 3.05) is 29.9 Å². The van der Waals surface area contributed by atoms with Crippen LogP contribution in [0.5, 0.6) is 0 Å². The van der Waals surface area contributed by atoms with E-state index in [1.807, 2.05) is 6.07 Å². The van der Waals surface area contributed by atoms with Gasteiger partial charge < -0.3 is 10.6 Å². The van der Waals surface area contributed by atoms with Gasteiger partial charge in [0.1, 0.15) is 5.82 Å². The van der Waals surface area contributed by atoms with Crippen LogP contribution in [0.4, 0.5) is 15.9 Å². The van der Waals surface area contributed by atoms with Gasteiger partial charge in [-0.3, -0.25) is 14.5 Å². The minimum Gasteiger partial charge on any atom is -0.368 e. The number of nitrogens with zero attached hydrogens (tertiary/aromatic N) is 3. The molecule has 0 radical (unpaired) electrons. The molecule has 4 rings (SSSR count). The molecule has 1 fully saturated rings. The predicted octanol–water partition coefficient (Wildman–Crippen LogP) is 5.42. The minimum atomic E-state index is -0.702. The maximum absolute atomic E-state index is 14.4. The molecule has 1 aliphatic rings. The van der Waals surface area contributed by atoms with Crippen LogP contribution in [0.3, 0.4) is 0 Å². The average Bonchev–Trinajstić information content (AvgIpc) is 3.24. The molecule has 2 amide bonds. The molecule has 6 nitrogen and oxygen atoms in total. The number of carbonyl (C=O) groups is 2. The first-order valence-corrected chi connectivity index (χ1v) is 11.5. The van der Waals surface area contributed by atoms with Crippen LogP contribution in [-0.4, -0.2) is 36.9 Å². The van der Waals surface area contributed by atoms with Crippen molar-refractivity contribution in [1.29, 1.82) is 0 Å². The van der Waals surface area contributed by atoms with E-state index in [2.05, 4.69) is 16.8 Å². The number of pyridine rings is 1. The molecular weight excluding hydrogens is 478 g/mol. The Morgan fingerprint density at radius 3 is 2.59 bits per heavy atom. The van der Waals surface area contributed by atoms with Crippen molar-refractivity contribution >= 4 is 46.5 Å². The fraction of sp³-hybridized carbons (Fsp3) is 0.240. The zero-order chi connectivity index (χ0) is 24.6. The molecule has 3 aromatic rings. The second kappa shape index (κ2) is 9.60. The van der Waals surface area contributed by atoms with E-state index in [9.17, 15) is 14.0 Å². The number of amides is 2. The molecule has 0 spiro atoms. The van der Waals surface area contributed by atoms with Crippen LogP contribution in [0.25, 0.3) is 11.1 Å². The number of carbonyl (C=O) groups excluding carboxylic acids is 2. The van der Waals surface area contributed by atoms with E-state index < -0.39 is 17.6 Å². The minimum absolute atomic E-state index is 0.0277. The van der Waals surface area contributed by atoms with E-state index in [-0.39, 0.29) is 10.6 Å². The molecule has 9 heteroatoms. The Morgan fingerprint density at radius 1 is 1.18 bits per heavy atom. The lowest BCUT2D eigenvalue weighted by Crippen LogP contribution is -2.31. The van der Waals surface area contributed by atoms with Crippen molar-refractivity contribution in [3.63, 3.8) is 0 Å². The molecule has 1 aliphatic heterocycles. The van der Waals surface area contributed by atoms with Crippen molar-refractivity contribution in [2.24, 2.45) is 11.7 Å². The maximum atomic E-state index is 14.4. The van der Waals surface area contributed by atoms with Crippen molar-refractivity contribution < 1.29 is 14.0 Å². The van der Waals surface area contributed by atoms with E-state index >= 15 is 0 Å². The number of anilines is 2. The average molecular weight is 501 g/mol. The number of hydrogen-bond acceptors (Lipinski definition) is 4. The Bertz CT molecular complexity index is 1260. The van der Waals surface area contributed by atoms with Crippen LogP contribution in [0, 0.1) is 11.7 Å². The Balaban J connectivity index is 1.82. The molecule has 1 unspecified atom stereocenters. The lowest BCUT2D eigenvalue weighted by molar-refractivity contribution is 0.0984. The monoisotopic (exact) mass is 500 g/mol. The Hall–Kier alpha value is -3.16. The summed E-state index contributed by atoms with van der Waals surface area (Å²) in [5, 5.41) is 0.461. The number of primary amides is 1. The number of benzene rings is 2. The summed E-state index contributed by atoms with van der Waals surface area (Å²) in [5.74, 6) is -1.05. The Kier molecular flexibility index (Phi) is 6.77. The van der Waals surface area contributed by atoms with Gasteiger partial charge >= 0.3 is 0 Å². The number of hydrogen-bond donors (Lipinski definition) is 1. The van der Waals surface area contributed by atoms with Crippen molar-refractivity contribution in [1.82, 2.24) is 4.98 Å². The number of rotatable bonds is 5. The summed E-state index contributed by atoms with van der Waals surface area (Å²) >= 11 is 12.6. The van der Waals surface area contributed by atoms with Gasteiger partial charge in [0.25, 0.3) is 5.91 Å². The third-order valence-corrected chi connectivity index (χ3v) is 6.62. The van der Waals surface area contributed by atoms with Gasteiger partial charge in [-0.2, -0.15) is 0 Å². The van der Waals surface area contributed by atoms with Crippen LogP contribution in [-0.2, 0) is 0 Å². The third kappa shape index (κ3) is 4.58. The summed E-state index contributed by atoms with van der Waals surface area (Å²) in [6.07, 6.45) is 2.55. The molecule has 1 saturated heterocycles. The van der Waals surface area contributed by atoms with Crippen molar-refractivity contribution in [2.45, 2.75) is 13.3 Å². The van der Waals surface area contributed by atoms with E-state index in [0.29, 0.717) is 39.1 Å². The van der Waals surface area contributed by atoms with Crippen LogP contribution in [0.2, 0.25) is 10.0 Å². The van der Waals surface area contributed by atoms with E-state index in [1.54, 1.807) is 24.4 Å². The first-order valence-electron chi connectivity index (χ1n) is 10.7. The van der Waals surface area contributed by atoms with Crippen LogP contribution >= 0.6 is 23.2 Å². The van der Waals surface area contributed by atoms with Gasteiger partial charge in [-0.1, -0.05) is 36.2 Å². The molecule has 0 saturated carbocycles. The highest BCUT2D eigenvalue weighted by Gasteiger charge is 2.28. The van der Waals surface area contributed by atoms with E-state index in [4.69, 9.17) is 28.9 Å². The zero-order valence-electron chi connectivity index (χ0n) is 18.7. The lowest BCUT2D eigenvalue weighted by Gasteiger charge is -2.27. The predicted molar refractivity (Wildman–Crippen MR) is 133 cm³/mol. The number of nitrogens with two attached hydrogens (primary N) is 1. The second-order valence-corrected chi connectivity index (χ2v) is 9.24. The lowest BCUT2D eigenvalue weighted by atomic mass is 10.0. The van der Waals surface area contributed by atoms with Crippen LogP contribution < -0.4 is 15.5 Å². The molecule has 176 valence electrons. The van der Waals surface area contributed by atoms with Gasteiger partial charge in [0.05, 0.1) is 16.3 Å². The van der Waals surface area contributed by atoms with Gasteiger partial charge in [0.15, 0.2) is 5.82 Å². The normalized spacial score (nSPS) is 15.4. The smallest absolute Gasteiger partial charge is 0.263 e. The zero-order valence-corrected chi connectivity index (χ0v) is 20.2.